The van der Waals surface area contributed by atoms with Crippen LogP contribution in [0.2, 0.25) is 0 Å². The molecule has 0 atom stereocenters. The summed E-state index contributed by atoms with van der Waals surface area (Å²) in [5, 5.41) is 5.69. The third kappa shape index (κ3) is 1.47. The molecule has 1 aliphatic rings. The molecule has 1 fully saturated rings. The van der Waals surface area contributed by atoms with Crippen LogP contribution in [0.1, 0.15) is 24.8 Å². The van der Waals surface area contributed by atoms with Gasteiger partial charge in [0.15, 0.2) is 0 Å². The molecule has 0 amide bonds. The number of benzene rings is 1. The van der Waals surface area contributed by atoms with E-state index < -0.39 is 0 Å². The fourth-order valence-electron chi connectivity index (χ4n) is 2.89. The number of aromatic nitrogens is 2. The number of halogens is 1. The second kappa shape index (κ2) is 3.82. The number of nitrogens with zero attached hydrogens (tertiary/aromatic N) is 2. The zero-order valence-electron chi connectivity index (χ0n) is 9.91. The van der Waals surface area contributed by atoms with Crippen molar-refractivity contribution < 1.29 is 0 Å². The van der Waals surface area contributed by atoms with Gasteiger partial charge in [0, 0.05) is 24.4 Å². The van der Waals surface area contributed by atoms with Crippen LogP contribution >= 0.6 is 15.9 Å². The molecule has 2 N–H and O–H groups in total. The van der Waals surface area contributed by atoms with Crippen molar-refractivity contribution in [2.75, 3.05) is 6.54 Å². The van der Waals surface area contributed by atoms with Crippen LogP contribution < -0.4 is 5.73 Å². The lowest BCUT2D eigenvalue weighted by atomic mass is 9.64. The van der Waals surface area contributed by atoms with Crippen LogP contribution in [0.25, 0.3) is 10.9 Å². The van der Waals surface area contributed by atoms with Crippen molar-refractivity contribution in [2.24, 2.45) is 12.8 Å². The van der Waals surface area contributed by atoms with Crippen molar-refractivity contribution in [1.29, 1.82) is 0 Å². The van der Waals surface area contributed by atoms with E-state index in [1.807, 2.05) is 11.7 Å². The summed E-state index contributed by atoms with van der Waals surface area (Å²) in [5.74, 6) is 0. The second-order valence-corrected chi connectivity index (χ2v) is 5.70. The van der Waals surface area contributed by atoms with Gasteiger partial charge in [0.1, 0.15) is 4.60 Å². The van der Waals surface area contributed by atoms with E-state index >= 15 is 0 Å². The molecule has 3 rings (SSSR count). The highest BCUT2D eigenvalue weighted by atomic mass is 79.9. The molecule has 0 aliphatic heterocycles. The summed E-state index contributed by atoms with van der Waals surface area (Å²) in [5.41, 5.74) is 8.73. The highest BCUT2D eigenvalue weighted by Crippen LogP contribution is 2.46. The third-order valence-electron chi connectivity index (χ3n) is 4.11. The van der Waals surface area contributed by atoms with Crippen molar-refractivity contribution in [3.05, 3.63) is 28.4 Å². The Morgan fingerprint density at radius 1 is 1.47 bits per heavy atom. The Morgan fingerprint density at radius 3 is 2.82 bits per heavy atom. The Balaban J connectivity index is 2.29. The number of aryl methyl sites for hydroxylation is 1. The van der Waals surface area contributed by atoms with Gasteiger partial charge >= 0.3 is 0 Å². The van der Waals surface area contributed by atoms with Crippen LogP contribution in [-0.4, -0.2) is 16.3 Å². The molecular formula is C13H16BrN3. The summed E-state index contributed by atoms with van der Waals surface area (Å²) in [7, 11) is 1.98. The minimum Gasteiger partial charge on any atom is -0.330 e. The maximum atomic E-state index is 6.01. The van der Waals surface area contributed by atoms with Gasteiger partial charge in [0.05, 0.1) is 5.52 Å². The highest BCUT2D eigenvalue weighted by molar-refractivity contribution is 9.10. The van der Waals surface area contributed by atoms with Gasteiger partial charge in [0.25, 0.3) is 0 Å². The number of fused-ring (bicyclic) bond motifs is 1. The highest BCUT2D eigenvalue weighted by Gasteiger charge is 2.39. The van der Waals surface area contributed by atoms with E-state index in [-0.39, 0.29) is 5.41 Å². The molecule has 0 bridgehead atoms. The summed E-state index contributed by atoms with van der Waals surface area (Å²) < 4.78 is 2.86. The molecule has 0 spiro atoms. The molecule has 2 aromatic rings. The molecule has 1 heterocycles. The van der Waals surface area contributed by atoms with Gasteiger partial charge in [-0.1, -0.05) is 18.6 Å². The molecule has 90 valence electrons. The predicted molar refractivity (Wildman–Crippen MR) is 73.0 cm³/mol. The van der Waals surface area contributed by atoms with E-state index in [1.54, 1.807) is 0 Å². The first-order valence-electron chi connectivity index (χ1n) is 6.00. The fourth-order valence-corrected chi connectivity index (χ4v) is 3.55. The van der Waals surface area contributed by atoms with Crippen LogP contribution in [-0.2, 0) is 12.5 Å². The lowest BCUT2D eigenvalue weighted by molar-refractivity contribution is 0.255. The molecule has 1 aliphatic carbocycles. The van der Waals surface area contributed by atoms with E-state index in [1.165, 1.54) is 35.7 Å². The second-order valence-electron chi connectivity index (χ2n) is 4.95. The molecular weight excluding hydrogens is 278 g/mol. The summed E-state index contributed by atoms with van der Waals surface area (Å²) in [6, 6.07) is 6.43. The Bertz CT molecular complexity index is 564. The van der Waals surface area contributed by atoms with E-state index in [0.29, 0.717) is 0 Å². The van der Waals surface area contributed by atoms with Gasteiger partial charge in [-0.3, -0.25) is 4.68 Å². The Morgan fingerprint density at radius 2 is 2.24 bits per heavy atom. The van der Waals surface area contributed by atoms with Gasteiger partial charge in [-0.2, -0.15) is 5.10 Å². The molecule has 4 heteroatoms. The molecule has 0 radical (unpaired) electrons. The Kier molecular flexibility index (Phi) is 2.52. The maximum absolute atomic E-state index is 6.01. The quantitative estimate of drug-likeness (QED) is 0.925. The molecule has 0 unspecified atom stereocenters. The van der Waals surface area contributed by atoms with Crippen molar-refractivity contribution in [1.82, 2.24) is 9.78 Å². The van der Waals surface area contributed by atoms with Crippen LogP contribution in [0, 0.1) is 0 Å². The summed E-state index contributed by atoms with van der Waals surface area (Å²) in [6.45, 7) is 0.730. The van der Waals surface area contributed by atoms with Crippen molar-refractivity contribution in [3.63, 3.8) is 0 Å². The van der Waals surface area contributed by atoms with Gasteiger partial charge in [-0.25, -0.2) is 0 Å². The van der Waals surface area contributed by atoms with Crippen LogP contribution in [0.3, 0.4) is 0 Å². The molecule has 17 heavy (non-hydrogen) atoms. The summed E-state index contributed by atoms with van der Waals surface area (Å²) in [6.07, 6.45) is 3.68. The summed E-state index contributed by atoms with van der Waals surface area (Å²) >= 11 is 3.57. The lowest BCUT2D eigenvalue weighted by Crippen LogP contribution is -2.41. The Hall–Kier alpha value is -0.870. The SMILES string of the molecule is Cn1nc(Br)c2c(C3(CN)CCC3)cccc21. The first-order valence-corrected chi connectivity index (χ1v) is 6.79. The van der Waals surface area contributed by atoms with Crippen LogP contribution in [0.15, 0.2) is 22.8 Å². The topological polar surface area (TPSA) is 43.8 Å². The fraction of sp³-hybridized carbons (Fsp3) is 0.462. The standard InChI is InChI=1S/C13H16BrN3/c1-17-10-5-2-4-9(11(10)12(14)16-17)13(8-15)6-3-7-13/h2,4-5H,3,6-8,15H2,1H3. The van der Waals surface area contributed by atoms with E-state index in [4.69, 9.17) is 5.73 Å². The molecule has 0 saturated heterocycles. The number of nitrogens with two attached hydrogens (primary N) is 1. The van der Waals surface area contributed by atoms with E-state index in [2.05, 4.69) is 39.2 Å². The minimum absolute atomic E-state index is 0.186. The maximum Gasteiger partial charge on any atom is 0.136 e. The average Bonchev–Trinajstić information content (AvgIpc) is 2.55. The van der Waals surface area contributed by atoms with E-state index in [9.17, 15) is 0 Å². The minimum atomic E-state index is 0.186. The monoisotopic (exact) mass is 293 g/mol. The van der Waals surface area contributed by atoms with Gasteiger partial charge in [-0.05, 0) is 40.4 Å². The largest absolute Gasteiger partial charge is 0.330 e. The molecule has 1 saturated carbocycles. The third-order valence-corrected chi connectivity index (χ3v) is 4.66. The summed E-state index contributed by atoms with van der Waals surface area (Å²) in [4.78, 5) is 0. The van der Waals surface area contributed by atoms with Crippen LogP contribution in [0.5, 0.6) is 0 Å². The average molecular weight is 294 g/mol. The van der Waals surface area contributed by atoms with Crippen molar-refractivity contribution in [2.45, 2.75) is 24.7 Å². The smallest absolute Gasteiger partial charge is 0.136 e. The zero-order chi connectivity index (χ0) is 12.0. The number of hydrogen-bond donors (Lipinski definition) is 1. The van der Waals surface area contributed by atoms with Crippen LogP contribution in [0.4, 0.5) is 0 Å². The number of rotatable bonds is 2. The first kappa shape index (κ1) is 11.2. The van der Waals surface area contributed by atoms with Gasteiger partial charge < -0.3 is 5.73 Å². The van der Waals surface area contributed by atoms with Gasteiger partial charge in [-0.15, -0.1) is 0 Å². The molecule has 1 aromatic carbocycles. The normalized spacial score (nSPS) is 18.3. The Labute approximate surface area is 109 Å². The molecule has 1 aromatic heterocycles. The number of hydrogen-bond acceptors (Lipinski definition) is 2. The predicted octanol–water partition coefficient (Wildman–Crippen LogP) is 2.72. The van der Waals surface area contributed by atoms with Gasteiger partial charge in [0.2, 0.25) is 0 Å². The molecule has 3 nitrogen and oxygen atoms in total. The van der Waals surface area contributed by atoms with Crippen molar-refractivity contribution >= 4 is 26.8 Å². The first-order chi connectivity index (χ1) is 8.18. The van der Waals surface area contributed by atoms with E-state index in [0.717, 1.165) is 11.1 Å². The zero-order valence-corrected chi connectivity index (χ0v) is 11.5. The van der Waals surface area contributed by atoms with Crippen molar-refractivity contribution in [3.8, 4) is 0 Å². The lowest BCUT2D eigenvalue weighted by Gasteiger charge is -2.42.